The minimum absolute atomic E-state index is 0.0795. The van der Waals surface area contributed by atoms with E-state index in [-0.39, 0.29) is 11.9 Å². The highest BCUT2D eigenvalue weighted by atomic mass is 79.9. The number of halogens is 1. The Morgan fingerprint density at radius 3 is 2.76 bits per heavy atom. The molecule has 2 heterocycles. The molecule has 1 fully saturated rings. The van der Waals surface area contributed by atoms with E-state index in [1.54, 1.807) is 6.07 Å². The Morgan fingerprint density at radius 1 is 1.32 bits per heavy atom. The van der Waals surface area contributed by atoms with Crippen LogP contribution in [-0.4, -0.2) is 41.0 Å². The standard InChI is InChI=1S/C18H19BrN4O2/c1-11-15(17(24)22-14-7-8-23(10-14)18(20)25)5-6-16(21-11)12-3-2-4-13(19)9-12/h2-6,9,14H,7-8,10H2,1H3,(H2,20,25)(H,22,24). The third-order valence-electron chi connectivity index (χ3n) is 4.29. The summed E-state index contributed by atoms with van der Waals surface area (Å²) >= 11 is 3.45. The highest BCUT2D eigenvalue weighted by Gasteiger charge is 2.26. The van der Waals surface area contributed by atoms with Gasteiger partial charge in [0.15, 0.2) is 0 Å². The molecule has 0 spiro atoms. The number of aryl methyl sites for hydroxylation is 1. The summed E-state index contributed by atoms with van der Waals surface area (Å²) in [5, 5.41) is 2.95. The van der Waals surface area contributed by atoms with Crippen molar-refractivity contribution in [2.75, 3.05) is 13.1 Å². The third-order valence-corrected chi connectivity index (χ3v) is 4.78. The lowest BCUT2D eigenvalue weighted by atomic mass is 10.1. The second kappa shape index (κ2) is 7.23. The minimum Gasteiger partial charge on any atom is -0.351 e. The van der Waals surface area contributed by atoms with Crippen LogP contribution in [0.25, 0.3) is 11.3 Å². The van der Waals surface area contributed by atoms with E-state index in [1.165, 1.54) is 4.90 Å². The lowest BCUT2D eigenvalue weighted by Crippen LogP contribution is -2.40. The maximum absolute atomic E-state index is 12.5. The molecule has 3 N–H and O–H groups in total. The summed E-state index contributed by atoms with van der Waals surface area (Å²) in [5.74, 6) is -0.179. The molecule has 1 saturated heterocycles. The maximum atomic E-state index is 12.5. The number of carbonyl (C=O) groups is 2. The van der Waals surface area contributed by atoms with Crippen LogP contribution in [0.2, 0.25) is 0 Å². The molecule has 3 rings (SSSR count). The fraction of sp³-hybridized carbons (Fsp3) is 0.278. The quantitative estimate of drug-likeness (QED) is 0.826. The zero-order valence-electron chi connectivity index (χ0n) is 13.8. The van der Waals surface area contributed by atoms with Crippen molar-refractivity contribution in [3.63, 3.8) is 0 Å². The molecule has 7 heteroatoms. The number of pyridine rings is 1. The molecule has 6 nitrogen and oxygen atoms in total. The Hall–Kier alpha value is -2.41. The van der Waals surface area contributed by atoms with Gasteiger partial charge in [-0.15, -0.1) is 0 Å². The molecule has 1 aromatic heterocycles. The first-order valence-corrected chi connectivity index (χ1v) is 8.82. The molecule has 0 saturated carbocycles. The lowest BCUT2D eigenvalue weighted by Gasteiger charge is -2.15. The van der Waals surface area contributed by atoms with Crippen molar-refractivity contribution in [2.24, 2.45) is 5.73 Å². The van der Waals surface area contributed by atoms with Crippen LogP contribution in [0.15, 0.2) is 40.9 Å². The SMILES string of the molecule is Cc1nc(-c2cccc(Br)c2)ccc1C(=O)NC1CCN(C(N)=O)C1. The van der Waals surface area contributed by atoms with Crippen LogP contribution in [0.4, 0.5) is 4.79 Å². The summed E-state index contributed by atoms with van der Waals surface area (Å²) in [7, 11) is 0. The monoisotopic (exact) mass is 402 g/mol. The van der Waals surface area contributed by atoms with Crippen LogP contribution in [0.1, 0.15) is 22.5 Å². The highest BCUT2D eigenvalue weighted by Crippen LogP contribution is 2.22. The molecular formula is C18H19BrN4O2. The summed E-state index contributed by atoms with van der Waals surface area (Å²) in [6.45, 7) is 2.84. The molecule has 1 aliphatic heterocycles. The Balaban J connectivity index is 1.73. The molecule has 1 aliphatic rings. The fourth-order valence-electron chi connectivity index (χ4n) is 2.95. The minimum atomic E-state index is -0.451. The first-order chi connectivity index (χ1) is 11.9. The van der Waals surface area contributed by atoms with Gasteiger partial charge < -0.3 is 16.0 Å². The number of aromatic nitrogens is 1. The molecule has 25 heavy (non-hydrogen) atoms. The van der Waals surface area contributed by atoms with Crippen LogP contribution < -0.4 is 11.1 Å². The van der Waals surface area contributed by atoms with Gasteiger partial charge in [0.05, 0.1) is 17.0 Å². The fourth-order valence-corrected chi connectivity index (χ4v) is 3.35. The smallest absolute Gasteiger partial charge is 0.314 e. The van der Waals surface area contributed by atoms with Gasteiger partial charge in [0.25, 0.3) is 5.91 Å². The number of likely N-dealkylation sites (tertiary alicyclic amines) is 1. The van der Waals surface area contributed by atoms with Gasteiger partial charge in [-0.3, -0.25) is 9.78 Å². The molecule has 0 bridgehead atoms. The Bertz CT molecular complexity index is 824. The van der Waals surface area contributed by atoms with Crippen molar-refractivity contribution in [1.82, 2.24) is 15.2 Å². The molecule has 2 aromatic rings. The molecule has 0 aliphatic carbocycles. The van der Waals surface area contributed by atoms with E-state index in [4.69, 9.17) is 5.73 Å². The molecular weight excluding hydrogens is 384 g/mol. The third kappa shape index (κ3) is 3.99. The van der Waals surface area contributed by atoms with E-state index >= 15 is 0 Å². The number of nitrogens with two attached hydrogens (primary N) is 1. The van der Waals surface area contributed by atoms with Crippen molar-refractivity contribution in [3.8, 4) is 11.3 Å². The average Bonchev–Trinajstić information content (AvgIpc) is 3.03. The zero-order valence-corrected chi connectivity index (χ0v) is 15.4. The molecule has 130 valence electrons. The molecule has 3 amide bonds. The molecule has 1 atom stereocenters. The molecule has 0 radical (unpaired) electrons. The van der Waals surface area contributed by atoms with E-state index in [9.17, 15) is 9.59 Å². The van der Waals surface area contributed by atoms with Gasteiger partial charge in [0, 0.05) is 29.2 Å². The Kier molecular flexibility index (Phi) is 5.03. The summed E-state index contributed by atoms with van der Waals surface area (Å²) in [4.78, 5) is 29.8. The van der Waals surface area contributed by atoms with E-state index in [1.807, 2.05) is 37.3 Å². The molecule has 1 unspecified atom stereocenters. The number of rotatable bonds is 3. The normalized spacial score (nSPS) is 16.7. The first-order valence-electron chi connectivity index (χ1n) is 8.03. The van der Waals surface area contributed by atoms with Crippen molar-refractivity contribution in [3.05, 3.63) is 52.1 Å². The van der Waals surface area contributed by atoms with Gasteiger partial charge in [0.1, 0.15) is 0 Å². The van der Waals surface area contributed by atoms with E-state index in [0.717, 1.165) is 15.7 Å². The number of primary amides is 1. The second-order valence-corrected chi connectivity index (χ2v) is 7.00. The zero-order chi connectivity index (χ0) is 18.0. The summed E-state index contributed by atoms with van der Waals surface area (Å²) in [6, 6.07) is 11.0. The first kappa shape index (κ1) is 17.4. The second-order valence-electron chi connectivity index (χ2n) is 6.08. The number of urea groups is 1. The number of amides is 3. The van der Waals surface area contributed by atoms with Crippen LogP contribution in [-0.2, 0) is 0 Å². The Labute approximate surface area is 154 Å². The van der Waals surface area contributed by atoms with Crippen molar-refractivity contribution >= 4 is 27.9 Å². The van der Waals surface area contributed by atoms with Gasteiger partial charge in [0.2, 0.25) is 0 Å². The Morgan fingerprint density at radius 2 is 2.12 bits per heavy atom. The van der Waals surface area contributed by atoms with Crippen LogP contribution in [0.3, 0.4) is 0 Å². The number of hydrogen-bond acceptors (Lipinski definition) is 3. The number of carbonyl (C=O) groups excluding carboxylic acids is 2. The summed E-state index contributed by atoms with van der Waals surface area (Å²) in [5.41, 5.74) is 8.27. The number of nitrogens with one attached hydrogen (secondary N) is 1. The van der Waals surface area contributed by atoms with Gasteiger partial charge in [-0.2, -0.15) is 0 Å². The van der Waals surface area contributed by atoms with Gasteiger partial charge >= 0.3 is 6.03 Å². The van der Waals surface area contributed by atoms with Crippen LogP contribution in [0, 0.1) is 6.92 Å². The number of hydrogen-bond donors (Lipinski definition) is 2. The van der Waals surface area contributed by atoms with Crippen molar-refractivity contribution in [1.29, 1.82) is 0 Å². The van der Waals surface area contributed by atoms with Gasteiger partial charge in [-0.25, -0.2) is 4.79 Å². The summed E-state index contributed by atoms with van der Waals surface area (Å²) in [6.07, 6.45) is 0.706. The van der Waals surface area contributed by atoms with Gasteiger partial charge in [-0.05, 0) is 37.6 Å². The lowest BCUT2D eigenvalue weighted by molar-refractivity contribution is 0.0937. The highest BCUT2D eigenvalue weighted by molar-refractivity contribution is 9.10. The topological polar surface area (TPSA) is 88.3 Å². The van der Waals surface area contributed by atoms with Gasteiger partial charge in [-0.1, -0.05) is 28.1 Å². The predicted octanol–water partition coefficient (Wildman–Crippen LogP) is 2.70. The van der Waals surface area contributed by atoms with E-state index in [2.05, 4.69) is 26.2 Å². The largest absolute Gasteiger partial charge is 0.351 e. The molecule has 1 aromatic carbocycles. The average molecular weight is 403 g/mol. The van der Waals surface area contributed by atoms with E-state index in [0.29, 0.717) is 30.8 Å². The number of benzene rings is 1. The van der Waals surface area contributed by atoms with Crippen LogP contribution in [0.5, 0.6) is 0 Å². The predicted molar refractivity (Wildman–Crippen MR) is 99.1 cm³/mol. The van der Waals surface area contributed by atoms with Crippen molar-refractivity contribution in [2.45, 2.75) is 19.4 Å². The van der Waals surface area contributed by atoms with E-state index < -0.39 is 6.03 Å². The number of nitrogens with zero attached hydrogens (tertiary/aromatic N) is 2. The maximum Gasteiger partial charge on any atom is 0.314 e. The van der Waals surface area contributed by atoms with Crippen LogP contribution >= 0.6 is 15.9 Å². The summed E-state index contributed by atoms with van der Waals surface area (Å²) < 4.78 is 0.978. The van der Waals surface area contributed by atoms with Crippen molar-refractivity contribution < 1.29 is 9.59 Å².